The van der Waals surface area contributed by atoms with Gasteiger partial charge in [0.1, 0.15) is 5.82 Å². The van der Waals surface area contributed by atoms with E-state index in [1.165, 1.54) is 0 Å². The molecule has 0 bridgehead atoms. The summed E-state index contributed by atoms with van der Waals surface area (Å²) in [5.41, 5.74) is 0. The summed E-state index contributed by atoms with van der Waals surface area (Å²) in [7, 11) is 0. The molecule has 18 heavy (non-hydrogen) atoms. The van der Waals surface area contributed by atoms with Gasteiger partial charge < -0.3 is 30.2 Å². The van der Waals surface area contributed by atoms with Crippen LogP contribution in [0, 0.1) is 0 Å². The van der Waals surface area contributed by atoms with Gasteiger partial charge in [-0.05, 0) is 12.1 Å². The Bertz CT molecular complexity index is 487. The molecule has 3 nitrogen and oxygen atoms in total. The summed E-state index contributed by atoms with van der Waals surface area (Å²) < 4.78 is 1.44. The quantitative estimate of drug-likeness (QED) is 0.385. The first kappa shape index (κ1) is 15.3. The molecular formula is C12H10HgN2OS2. The molecule has 0 saturated heterocycles. The van der Waals surface area contributed by atoms with Gasteiger partial charge >= 0.3 is 64.3 Å². The molecule has 0 aliphatic rings. The van der Waals surface area contributed by atoms with E-state index in [-0.39, 0.29) is 0 Å². The summed E-state index contributed by atoms with van der Waals surface area (Å²) in [6.07, 6.45) is 1.68. The molecule has 0 unspecified atom stereocenters. The van der Waals surface area contributed by atoms with E-state index in [0.29, 0.717) is 42.0 Å². The molecule has 0 aliphatic carbocycles. The number of thiocarbonyl (C=S) groups is 1. The molecule has 0 aliphatic heterocycles. The smallest absolute Gasteiger partial charge is 0.128 e. The zero-order valence-electron chi connectivity index (χ0n) is 9.54. The molecular weight excluding hydrogens is 453 g/mol. The number of hydrogen-bond acceptors (Lipinski definition) is 4. The van der Waals surface area contributed by atoms with Crippen molar-refractivity contribution in [2.75, 3.05) is 5.32 Å². The Morgan fingerprint density at radius 2 is 1.89 bits per heavy atom. The molecule has 0 radical (unpaired) electrons. The van der Waals surface area contributed by atoms with Crippen LogP contribution in [0.5, 0.6) is 5.75 Å². The minimum absolute atomic E-state index is 0.318. The summed E-state index contributed by atoms with van der Waals surface area (Å²) in [6, 6.07) is 13.0. The van der Waals surface area contributed by atoms with Gasteiger partial charge in [0.05, 0.1) is 0 Å². The van der Waals surface area contributed by atoms with Crippen LogP contribution in [-0.2, 0) is 38.8 Å². The molecule has 1 aromatic carbocycles. The Balaban J connectivity index is 0.000000184. The number of aromatic hydroxyl groups is 1. The fourth-order valence-corrected chi connectivity index (χ4v) is 2.25. The predicted molar refractivity (Wildman–Crippen MR) is 75.6 cm³/mol. The SMILES string of the molecule is Oc1cccc[c]1[Hg+].S=C([S-])Nc1ccccn1. The monoisotopic (exact) mass is 464 g/mol. The molecule has 2 N–H and O–H groups in total. The first-order valence-electron chi connectivity index (χ1n) is 5.08. The second-order valence-corrected chi connectivity index (χ2v) is 7.29. The van der Waals surface area contributed by atoms with Crippen LogP contribution >= 0.6 is 12.2 Å². The largest absolute Gasteiger partial charge is 0.411 e. The van der Waals surface area contributed by atoms with Crippen molar-refractivity contribution in [2.24, 2.45) is 0 Å². The molecule has 2 rings (SSSR count). The van der Waals surface area contributed by atoms with Gasteiger partial charge in [-0.25, -0.2) is 4.98 Å². The number of para-hydroxylation sites is 1. The third kappa shape index (κ3) is 6.23. The van der Waals surface area contributed by atoms with Gasteiger partial charge in [-0.1, -0.05) is 10.4 Å². The number of phenolic OH excluding ortho intramolecular Hbond substituents is 1. The van der Waals surface area contributed by atoms with Gasteiger partial charge in [0, 0.05) is 6.20 Å². The molecule has 0 spiro atoms. The first-order valence-corrected chi connectivity index (χ1v) is 8.65. The van der Waals surface area contributed by atoms with Gasteiger partial charge in [-0.2, -0.15) is 0 Å². The van der Waals surface area contributed by atoms with Crippen molar-refractivity contribution < 1.29 is 31.2 Å². The Morgan fingerprint density at radius 3 is 2.33 bits per heavy atom. The second-order valence-electron chi connectivity index (χ2n) is 3.26. The minimum Gasteiger partial charge on any atom is -0.411 e. The summed E-state index contributed by atoms with van der Waals surface area (Å²) in [6.45, 7) is 0. The molecule has 1 aromatic heterocycles. The Labute approximate surface area is 133 Å². The van der Waals surface area contributed by atoms with Gasteiger partial charge in [-0.3, -0.25) is 0 Å². The number of anilines is 1. The summed E-state index contributed by atoms with van der Waals surface area (Å²) in [5.74, 6) is 1.15. The van der Waals surface area contributed by atoms with Crippen LogP contribution in [0.15, 0.2) is 48.7 Å². The molecule has 88 valence electrons. The number of hydrogen-bond donors (Lipinski definition) is 2. The van der Waals surface area contributed by atoms with Crippen LogP contribution < -0.4 is 8.39 Å². The first-order chi connectivity index (χ1) is 8.59. The van der Waals surface area contributed by atoms with E-state index in [4.69, 9.17) is 5.11 Å². The predicted octanol–water partition coefficient (Wildman–Crippen LogP) is 1.89. The molecule has 0 fully saturated rings. The maximum absolute atomic E-state index is 8.97. The number of nitrogens with zero attached hydrogens (tertiary/aromatic N) is 1. The van der Waals surface area contributed by atoms with Gasteiger partial charge in [0.15, 0.2) is 0 Å². The molecule has 0 saturated carbocycles. The number of phenols is 1. The number of nitrogens with one attached hydrogen (secondary N) is 1. The van der Waals surface area contributed by atoms with Crippen molar-refractivity contribution in [3.63, 3.8) is 0 Å². The van der Waals surface area contributed by atoms with E-state index in [2.05, 4.69) is 35.1 Å². The fraction of sp³-hybridized carbons (Fsp3) is 0. The van der Waals surface area contributed by atoms with Crippen LogP contribution in [-0.4, -0.2) is 14.4 Å². The second kappa shape index (κ2) is 8.34. The molecule has 2 aromatic rings. The Hall–Kier alpha value is -0.785. The third-order valence-corrected chi connectivity index (χ3v) is 4.42. The maximum Gasteiger partial charge on any atom is 0.128 e. The normalized spacial score (nSPS) is 9.00. The van der Waals surface area contributed by atoms with Crippen LogP contribution in [0.4, 0.5) is 5.82 Å². The van der Waals surface area contributed by atoms with Crippen molar-refractivity contribution in [3.8, 4) is 5.75 Å². The van der Waals surface area contributed by atoms with Gasteiger partial charge in [0.25, 0.3) is 0 Å². The molecule has 1 heterocycles. The van der Waals surface area contributed by atoms with E-state index < -0.39 is 0 Å². The van der Waals surface area contributed by atoms with Crippen molar-refractivity contribution in [3.05, 3.63) is 48.7 Å². The Kier molecular flexibility index (Phi) is 7.08. The van der Waals surface area contributed by atoms with Crippen LogP contribution in [0.2, 0.25) is 0 Å². The number of benzene rings is 1. The van der Waals surface area contributed by atoms with E-state index in [1.807, 2.05) is 30.3 Å². The fourth-order valence-electron chi connectivity index (χ4n) is 1.05. The number of pyridine rings is 1. The molecule has 6 heteroatoms. The molecule has 0 atom stereocenters. The van der Waals surface area contributed by atoms with E-state index in [1.54, 1.807) is 18.3 Å². The van der Waals surface area contributed by atoms with Gasteiger partial charge in [-0.15, -0.1) is 0 Å². The average Bonchev–Trinajstić information content (AvgIpc) is 2.34. The standard InChI is InChI=1S/C6H6N2S2.C6H5O.Hg/c9-6(10)8-5-3-1-2-4-7-5;7-6-4-2-1-3-5-6;/h1-4H,(H2,7,8,9,10);1-4,7H;/q;;+1/p-1. The van der Waals surface area contributed by atoms with Crippen molar-refractivity contribution in [1.29, 1.82) is 0 Å². The zero-order chi connectivity index (χ0) is 13.4. The molecule has 0 amide bonds. The topological polar surface area (TPSA) is 45.1 Å². The van der Waals surface area contributed by atoms with Crippen molar-refractivity contribution >= 4 is 38.1 Å². The summed E-state index contributed by atoms with van der Waals surface area (Å²) in [4.78, 5) is 3.95. The minimum atomic E-state index is 0.318. The van der Waals surface area contributed by atoms with Crippen LogP contribution in [0.25, 0.3) is 0 Å². The average molecular weight is 463 g/mol. The summed E-state index contributed by atoms with van der Waals surface area (Å²) in [5, 5.41) is 11.7. The van der Waals surface area contributed by atoms with Gasteiger partial charge in [0.2, 0.25) is 0 Å². The Morgan fingerprint density at radius 1 is 1.22 bits per heavy atom. The van der Waals surface area contributed by atoms with Crippen LogP contribution in [0.1, 0.15) is 0 Å². The van der Waals surface area contributed by atoms with Crippen LogP contribution in [0.3, 0.4) is 0 Å². The summed E-state index contributed by atoms with van der Waals surface area (Å²) >= 11 is 9.83. The van der Waals surface area contributed by atoms with E-state index in [9.17, 15) is 0 Å². The third-order valence-electron chi connectivity index (χ3n) is 1.89. The maximum atomic E-state index is 8.97. The number of rotatable bonds is 1. The number of aromatic nitrogens is 1. The zero-order valence-corrected chi connectivity index (χ0v) is 16.7. The van der Waals surface area contributed by atoms with E-state index in [0.717, 1.165) is 3.07 Å². The van der Waals surface area contributed by atoms with E-state index >= 15 is 0 Å². The van der Waals surface area contributed by atoms with Crippen molar-refractivity contribution in [1.82, 2.24) is 4.98 Å². The van der Waals surface area contributed by atoms with Crippen molar-refractivity contribution in [2.45, 2.75) is 0 Å².